The summed E-state index contributed by atoms with van der Waals surface area (Å²) >= 11 is 5.76. The first-order chi connectivity index (χ1) is 13.5. The molecule has 9 nitrogen and oxygen atoms in total. The van der Waals surface area contributed by atoms with Crippen LogP contribution in [0.3, 0.4) is 0 Å². The van der Waals surface area contributed by atoms with Gasteiger partial charge in [-0.3, -0.25) is 15.1 Å². The number of nitrogen functional groups attached to an aromatic ring is 2. The molecule has 0 atom stereocenters. The van der Waals surface area contributed by atoms with Crippen LogP contribution in [0.2, 0.25) is 5.15 Å². The minimum absolute atomic E-state index is 0. The number of carbonyl (C=O) groups excluding carboxylic acids is 1. The van der Waals surface area contributed by atoms with Crippen molar-refractivity contribution in [1.82, 2.24) is 15.3 Å². The van der Waals surface area contributed by atoms with Gasteiger partial charge in [0.1, 0.15) is 0 Å². The molecule has 0 aliphatic carbocycles. The summed E-state index contributed by atoms with van der Waals surface area (Å²) in [5.74, 6) is -0.772. The van der Waals surface area contributed by atoms with Gasteiger partial charge in [0.05, 0.1) is 0 Å². The maximum absolute atomic E-state index is 12.1. The first-order valence-corrected chi connectivity index (χ1v) is 10.2. The predicted molar refractivity (Wildman–Crippen MR) is 130 cm³/mol. The molecular weight excluding hydrogens is 451 g/mol. The topological polar surface area (TPSA) is 171 Å². The summed E-state index contributed by atoms with van der Waals surface area (Å²) < 4.78 is 0. The second-order valence-corrected chi connectivity index (χ2v) is 7.04. The van der Waals surface area contributed by atoms with Gasteiger partial charge in [0.25, 0.3) is 5.91 Å². The number of rotatable bonds is 13. The van der Waals surface area contributed by atoms with Gasteiger partial charge in [0.2, 0.25) is 0 Å². The first kappa shape index (κ1) is 30.6. The van der Waals surface area contributed by atoms with E-state index in [1.807, 2.05) is 0 Å². The van der Waals surface area contributed by atoms with Crippen molar-refractivity contribution in [3.63, 3.8) is 0 Å². The quantitative estimate of drug-likeness (QED) is 0.162. The van der Waals surface area contributed by atoms with Crippen LogP contribution in [-0.2, 0) is 0 Å². The number of nitrogens with one attached hydrogen (secondary N) is 1. The smallest absolute Gasteiger partial charge is 0.280 e. The lowest BCUT2D eigenvalue weighted by molar-refractivity contribution is 0.0972. The molecule has 1 amide bonds. The van der Waals surface area contributed by atoms with Crippen molar-refractivity contribution in [2.75, 3.05) is 24.6 Å². The lowest BCUT2D eigenvalue weighted by Gasteiger charge is -2.07. The number of anilines is 2. The standard InChI is InChI=1S/C18H33ClN8O.2ClH/c19-14-16(22)26-15(21)13(25-14)17(28)27-18(23)24-12-10-8-6-4-2-1-3-5-7-9-11-20;;/h1-12,20H2,(H4,21,22,26)(H3,23,24,27,28);2*1H. The lowest BCUT2D eigenvalue weighted by Crippen LogP contribution is -2.38. The van der Waals surface area contributed by atoms with Gasteiger partial charge in [-0.25, -0.2) is 9.97 Å². The van der Waals surface area contributed by atoms with Gasteiger partial charge in [0, 0.05) is 6.54 Å². The first-order valence-electron chi connectivity index (χ1n) is 9.85. The van der Waals surface area contributed by atoms with E-state index in [4.69, 9.17) is 34.5 Å². The zero-order chi connectivity index (χ0) is 20.8. The van der Waals surface area contributed by atoms with Crippen molar-refractivity contribution < 1.29 is 4.79 Å². The van der Waals surface area contributed by atoms with Crippen LogP contribution in [0.4, 0.5) is 11.6 Å². The summed E-state index contributed by atoms with van der Waals surface area (Å²) in [7, 11) is 0. The Bertz CT molecular complexity index is 646. The minimum Gasteiger partial charge on any atom is -0.382 e. The Morgan fingerprint density at radius 3 is 1.90 bits per heavy atom. The van der Waals surface area contributed by atoms with Crippen LogP contribution in [0.5, 0.6) is 0 Å². The van der Waals surface area contributed by atoms with Crippen LogP contribution in [0, 0.1) is 0 Å². The molecule has 12 heteroatoms. The van der Waals surface area contributed by atoms with E-state index < -0.39 is 5.91 Å². The number of guanidine groups is 1. The molecule has 0 aromatic carbocycles. The van der Waals surface area contributed by atoms with Crippen molar-refractivity contribution in [2.24, 2.45) is 16.5 Å². The highest BCUT2D eigenvalue weighted by Gasteiger charge is 2.16. The van der Waals surface area contributed by atoms with Crippen molar-refractivity contribution in [2.45, 2.75) is 64.2 Å². The van der Waals surface area contributed by atoms with Gasteiger partial charge in [-0.1, -0.05) is 63.0 Å². The fraction of sp³-hybridized carbons (Fsp3) is 0.667. The van der Waals surface area contributed by atoms with Gasteiger partial charge in [0.15, 0.2) is 28.4 Å². The summed E-state index contributed by atoms with van der Waals surface area (Å²) in [6, 6.07) is 0. The average Bonchev–Trinajstić information content (AvgIpc) is 2.65. The molecule has 0 saturated heterocycles. The summed E-state index contributed by atoms with van der Waals surface area (Å²) in [5.41, 5.74) is 22.2. The Balaban J connectivity index is 0. The molecule has 30 heavy (non-hydrogen) atoms. The fourth-order valence-corrected chi connectivity index (χ4v) is 2.82. The zero-order valence-electron chi connectivity index (χ0n) is 17.2. The molecular formula is C18H35Cl3N8O. The van der Waals surface area contributed by atoms with Gasteiger partial charge in [-0.05, 0) is 19.4 Å². The van der Waals surface area contributed by atoms with Crippen molar-refractivity contribution in [3.8, 4) is 0 Å². The maximum Gasteiger partial charge on any atom is 0.280 e. The van der Waals surface area contributed by atoms with Crippen LogP contribution >= 0.6 is 36.4 Å². The zero-order valence-corrected chi connectivity index (χ0v) is 19.6. The Morgan fingerprint density at radius 2 is 1.37 bits per heavy atom. The Morgan fingerprint density at radius 1 is 0.867 bits per heavy atom. The number of hydrogen-bond donors (Lipinski definition) is 5. The number of aromatic nitrogens is 2. The molecule has 0 spiro atoms. The molecule has 0 unspecified atom stereocenters. The molecule has 0 fully saturated rings. The van der Waals surface area contributed by atoms with Gasteiger partial charge in [-0.2, -0.15) is 0 Å². The number of hydrogen-bond acceptors (Lipinski definition) is 7. The summed E-state index contributed by atoms with van der Waals surface area (Å²) in [4.78, 5) is 23.8. The van der Waals surface area contributed by atoms with E-state index in [0.717, 1.165) is 25.8 Å². The van der Waals surface area contributed by atoms with E-state index in [-0.39, 0.29) is 53.3 Å². The third-order valence-corrected chi connectivity index (χ3v) is 4.53. The number of halogens is 3. The molecule has 0 aliphatic rings. The number of nitrogens with two attached hydrogens (primary N) is 4. The van der Waals surface area contributed by atoms with Gasteiger partial charge in [-0.15, -0.1) is 24.8 Å². The molecule has 9 N–H and O–H groups in total. The Hall–Kier alpha value is -1.55. The van der Waals surface area contributed by atoms with Crippen molar-refractivity contribution in [3.05, 3.63) is 10.8 Å². The number of nitrogens with zero attached hydrogens (tertiary/aromatic N) is 3. The average molecular weight is 486 g/mol. The highest BCUT2D eigenvalue weighted by molar-refractivity contribution is 6.31. The van der Waals surface area contributed by atoms with E-state index in [1.165, 1.54) is 44.9 Å². The summed E-state index contributed by atoms with van der Waals surface area (Å²) in [6.45, 7) is 1.35. The van der Waals surface area contributed by atoms with E-state index in [1.54, 1.807) is 0 Å². The lowest BCUT2D eigenvalue weighted by atomic mass is 10.1. The van der Waals surface area contributed by atoms with E-state index >= 15 is 0 Å². The van der Waals surface area contributed by atoms with Crippen LogP contribution in [-0.4, -0.2) is 34.9 Å². The summed E-state index contributed by atoms with van der Waals surface area (Å²) in [5, 5.41) is 2.33. The number of aliphatic imine (C=N–C) groups is 1. The minimum atomic E-state index is -0.625. The van der Waals surface area contributed by atoms with Gasteiger partial charge >= 0.3 is 0 Å². The Kier molecular flexibility index (Phi) is 18.6. The maximum atomic E-state index is 12.1. The van der Waals surface area contributed by atoms with Crippen molar-refractivity contribution >= 4 is 59.9 Å². The van der Waals surface area contributed by atoms with Crippen molar-refractivity contribution in [1.29, 1.82) is 0 Å². The third-order valence-electron chi connectivity index (χ3n) is 4.26. The SMILES string of the molecule is Cl.Cl.NCCCCCCCCCCCCN=C(N)NC(=O)c1nc(Cl)c(N)nc1N. The second-order valence-electron chi connectivity index (χ2n) is 6.68. The van der Waals surface area contributed by atoms with E-state index in [2.05, 4.69) is 20.3 Å². The van der Waals surface area contributed by atoms with Crippen LogP contribution < -0.4 is 28.3 Å². The second kappa shape index (κ2) is 18.2. The molecule has 1 aromatic rings. The monoisotopic (exact) mass is 484 g/mol. The van der Waals surface area contributed by atoms with E-state index in [9.17, 15) is 4.79 Å². The molecule has 1 heterocycles. The number of amides is 1. The molecule has 0 bridgehead atoms. The number of carbonyl (C=O) groups is 1. The van der Waals surface area contributed by atoms with E-state index in [0.29, 0.717) is 6.54 Å². The summed E-state index contributed by atoms with van der Waals surface area (Å²) in [6.07, 6.45) is 12.0. The van der Waals surface area contributed by atoms with Crippen LogP contribution in [0.15, 0.2) is 4.99 Å². The molecule has 1 aromatic heterocycles. The molecule has 0 saturated carbocycles. The third kappa shape index (κ3) is 12.9. The van der Waals surface area contributed by atoms with Crippen LogP contribution in [0.25, 0.3) is 0 Å². The fourth-order valence-electron chi connectivity index (χ4n) is 2.69. The highest BCUT2D eigenvalue weighted by atomic mass is 35.5. The Labute approximate surface area is 196 Å². The largest absolute Gasteiger partial charge is 0.382 e. The van der Waals surface area contributed by atoms with Crippen LogP contribution in [0.1, 0.15) is 74.7 Å². The number of unbranched alkanes of at least 4 members (excludes halogenated alkanes) is 9. The molecule has 0 radical (unpaired) electrons. The molecule has 0 aliphatic heterocycles. The van der Waals surface area contributed by atoms with Gasteiger partial charge < -0.3 is 22.9 Å². The molecule has 174 valence electrons. The normalized spacial score (nSPS) is 10.8. The molecule has 1 rings (SSSR count). The highest BCUT2D eigenvalue weighted by Crippen LogP contribution is 2.17. The predicted octanol–water partition coefficient (Wildman–Crippen LogP) is 3.04.